The van der Waals surface area contributed by atoms with Crippen LogP contribution in [-0.2, 0) is 11.2 Å². The van der Waals surface area contributed by atoms with E-state index < -0.39 is 6.10 Å². The standard InChI is InChI=1S/C16H22N2O2/c1-11-7-9-18(10-14(11)19)16(20)15-13-5-3-2-4-12(13)6-8-17-15/h2-5,11,14-15,17,19H,6-10H2,1H3. The highest BCUT2D eigenvalue weighted by Crippen LogP contribution is 2.26. The van der Waals surface area contributed by atoms with Gasteiger partial charge >= 0.3 is 0 Å². The SMILES string of the molecule is CC1CCN(C(=O)C2NCCc3ccccc32)CC1O. The molecule has 4 heteroatoms. The van der Waals surface area contributed by atoms with Gasteiger partial charge in [-0.05, 0) is 29.9 Å². The first kappa shape index (κ1) is 13.6. The highest BCUT2D eigenvalue weighted by Gasteiger charge is 2.33. The van der Waals surface area contributed by atoms with Crippen LogP contribution in [0, 0.1) is 5.92 Å². The molecule has 2 N–H and O–H groups in total. The van der Waals surface area contributed by atoms with Crippen molar-refractivity contribution in [1.82, 2.24) is 10.2 Å². The zero-order valence-corrected chi connectivity index (χ0v) is 11.9. The van der Waals surface area contributed by atoms with Crippen molar-refractivity contribution in [2.45, 2.75) is 31.9 Å². The average Bonchev–Trinajstić information content (AvgIpc) is 2.49. The number of hydrogen-bond donors (Lipinski definition) is 2. The summed E-state index contributed by atoms with van der Waals surface area (Å²) >= 11 is 0. The number of nitrogens with zero attached hydrogens (tertiary/aromatic N) is 1. The van der Waals surface area contributed by atoms with Crippen molar-refractivity contribution in [3.63, 3.8) is 0 Å². The van der Waals surface area contributed by atoms with E-state index in [0.717, 1.165) is 31.5 Å². The van der Waals surface area contributed by atoms with E-state index >= 15 is 0 Å². The van der Waals surface area contributed by atoms with Crippen LogP contribution in [-0.4, -0.2) is 41.7 Å². The van der Waals surface area contributed by atoms with Crippen LogP contribution in [0.25, 0.3) is 0 Å². The lowest BCUT2D eigenvalue weighted by Gasteiger charge is -2.37. The Labute approximate surface area is 119 Å². The molecule has 0 saturated carbocycles. The Kier molecular flexibility index (Phi) is 3.76. The van der Waals surface area contributed by atoms with E-state index in [2.05, 4.69) is 11.4 Å². The average molecular weight is 274 g/mol. The predicted molar refractivity (Wildman–Crippen MR) is 77.3 cm³/mol. The second-order valence-electron chi connectivity index (χ2n) is 5.95. The molecule has 0 radical (unpaired) electrons. The van der Waals surface area contributed by atoms with E-state index in [1.165, 1.54) is 5.56 Å². The highest BCUT2D eigenvalue weighted by molar-refractivity contribution is 5.84. The summed E-state index contributed by atoms with van der Waals surface area (Å²) in [6.45, 7) is 4.08. The monoisotopic (exact) mass is 274 g/mol. The molecule has 3 rings (SSSR count). The Hall–Kier alpha value is -1.39. The Morgan fingerprint density at radius 2 is 2.20 bits per heavy atom. The fourth-order valence-corrected chi connectivity index (χ4v) is 3.16. The summed E-state index contributed by atoms with van der Waals surface area (Å²) in [6.07, 6.45) is 1.45. The number of hydrogen-bond acceptors (Lipinski definition) is 3. The summed E-state index contributed by atoms with van der Waals surface area (Å²) < 4.78 is 0. The Morgan fingerprint density at radius 1 is 1.40 bits per heavy atom. The van der Waals surface area contributed by atoms with Crippen LogP contribution in [0.2, 0.25) is 0 Å². The van der Waals surface area contributed by atoms with Gasteiger partial charge in [0.05, 0.1) is 6.10 Å². The van der Waals surface area contributed by atoms with Gasteiger partial charge in [-0.1, -0.05) is 31.2 Å². The van der Waals surface area contributed by atoms with Crippen LogP contribution < -0.4 is 5.32 Å². The largest absolute Gasteiger partial charge is 0.391 e. The Bertz CT molecular complexity index is 503. The third-order valence-electron chi connectivity index (χ3n) is 4.59. The number of aliphatic hydroxyl groups excluding tert-OH is 1. The number of β-amino-alcohol motifs (C(OH)–C–C–N with tert-alkyl or cyclic N) is 1. The van der Waals surface area contributed by atoms with Crippen molar-refractivity contribution >= 4 is 5.91 Å². The third kappa shape index (κ3) is 2.45. The molecule has 2 heterocycles. The zero-order valence-electron chi connectivity index (χ0n) is 11.9. The van der Waals surface area contributed by atoms with Crippen molar-refractivity contribution < 1.29 is 9.90 Å². The highest BCUT2D eigenvalue weighted by atomic mass is 16.3. The zero-order chi connectivity index (χ0) is 14.1. The molecule has 0 aromatic heterocycles. The molecule has 1 aromatic carbocycles. The van der Waals surface area contributed by atoms with Gasteiger partial charge in [-0.2, -0.15) is 0 Å². The molecule has 3 unspecified atom stereocenters. The maximum Gasteiger partial charge on any atom is 0.244 e. The summed E-state index contributed by atoms with van der Waals surface area (Å²) in [5, 5.41) is 13.3. The number of likely N-dealkylation sites (tertiary alicyclic amines) is 1. The van der Waals surface area contributed by atoms with Crippen LogP contribution in [0.15, 0.2) is 24.3 Å². The quantitative estimate of drug-likeness (QED) is 0.806. The first-order chi connectivity index (χ1) is 9.66. The molecule has 0 bridgehead atoms. The summed E-state index contributed by atoms with van der Waals surface area (Å²) in [5.41, 5.74) is 2.35. The van der Waals surface area contributed by atoms with E-state index in [1.54, 1.807) is 0 Å². The van der Waals surface area contributed by atoms with Crippen molar-refractivity contribution in [3.05, 3.63) is 35.4 Å². The van der Waals surface area contributed by atoms with Gasteiger partial charge in [0.2, 0.25) is 5.91 Å². The number of rotatable bonds is 1. The van der Waals surface area contributed by atoms with Crippen molar-refractivity contribution in [2.75, 3.05) is 19.6 Å². The molecular weight excluding hydrogens is 252 g/mol. The van der Waals surface area contributed by atoms with E-state index in [4.69, 9.17) is 0 Å². The molecule has 0 aliphatic carbocycles. The molecule has 2 aliphatic rings. The number of benzene rings is 1. The lowest BCUT2D eigenvalue weighted by Crippen LogP contribution is -2.50. The van der Waals surface area contributed by atoms with E-state index in [-0.39, 0.29) is 17.9 Å². The molecule has 2 aliphatic heterocycles. The van der Waals surface area contributed by atoms with Gasteiger partial charge < -0.3 is 15.3 Å². The molecule has 108 valence electrons. The van der Waals surface area contributed by atoms with Gasteiger partial charge in [-0.3, -0.25) is 4.79 Å². The number of amides is 1. The number of aliphatic hydroxyl groups is 1. The number of piperidine rings is 1. The van der Waals surface area contributed by atoms with Gasteiger partial charge in [0.25, 0.3) is 0 Å². The maximum atomic E-state index is 12.7. The topological polar surface area (TPSA) is 52.6 Å². The molecule has 1 saturated heterocycles. The van der Waals surface area contributed by atoms with Crippen LogP contribution in [0.3, 0.4) is 0 Å². The number of carbonyl (C=O) groups excluding carboxylic acids is 1. The van der Waals surface area contributed by atoms with Gasteiger partial charge in [0, 0.05) is 19.6 Å². The van der Waals surface area contributed by atoms with E-state index in [0.29, 0.717) is 6.54 Å². The van der Waals surface area contributed by atoms with E-state index in [1.807, 2.05) is 30.0 Å². The van der Waals surface area contributed by atoms with Crippen LogP contribution in [0.5, 0.6) is 0 Å². The van der Waals surface area contributed by atoms with Gasteiger partial charge in [-0.25, -0.2) is 0 Å². The van der Waals surface area contributed by atoms with Crippen LogP contribution >= 0.6 is 0 Å². The Balaban J connectivity index is 1.78. The summed E-state index contributed by atoms with van der Waals surface area (Å²) in [7, 11) is 0. The minimum absolute atomic E-state index is 0.100. The minimum Gasteiger partial charge on any atom is -0.391 e. The summed E-state index contributed by atoms with van der Waals surface area (Å²) in [5.74, 6) is 0.383. The van der Waals surface area contributed by atoms with Gasteiger partial charge in [0.15, 0.2) is 0 Å². The van der Waals surface area contributed by atoms with Crippen molar-refractivity contribution in [1.29, 1.82) is 0 Å². The molecule has 0 spiro atoms. The fraction of sp³-hybridized carbons (Fsp3) is 0.562. The molecule has 20 heavy (non-hydrogen) atoms. The van der Waals surface area contributed by atoms with Crippen LogP contribution in [0.1, 0.15) is 30.5 Å². The lowest BCUT2D eigenvalue weighted by molar-refractivity contribution is -0.138. The summed E-state index contributed by atoms with van der Waals surface area (Å²) in [6, 6.07) is 7.90. The van der Waals surface area contributed by atoms with Crippen molar-refractivity contribution in [3.8, 4) is 0 Å². The second kappa shape index (κ2) is 5.54. The molecule has 3 atom stereocenters. The Morgan fingerprint density at radius 3 is 3.00 bits per heavy atom. The molecule has 1 aromatic rings. The predicted octanol–water partition coefficient (Wildman–Crippen LogP) is 1.10. The number of nitrogens with one attached hydrogen (secondary N) is 1. The fourth-order valence-electron chi connectivity index (χ4n) is 3.16. The molecule has 4 nitrogen and oxygen atoms in total. The molecule has 1 fully saturated rings. The first-order valence-corrected chi connectivity index (χ1v) is 7.45. The number of fused-ring (bicyclic) bond motifs is 1. The lowest BCUT2D eigenvalue weighted by atomic mass is 9.91. The maximum absolute atomic E-state index is 12.7. The second-order valence-corrected chi connectivity index (χ2v) is 5.95. The van der Waals surface area contributed by atoms with Crippen molar-refractivity contribution in [2.24, 2.45) is 5.92 Å². The summed E-state index contributed by atoms with van der Waals surface area (Å²) in [4.78, 5) is 14.5. The van der Waals surface area contributed by atoms with Crippen LogP contribution in [0.4, 0.5) is 0 Å². The van der Waals surface area contributed by atoms with E-state index in [9.17, 15) is 9.90 Å². The first-order valence-electron chi connectivity index (χ1n) is 7.45. The third-order valence-corrected chi connectivity index (χ3v) is 4.59. The minimum atomic E-state index is -0.397. The number of carbonyl (C=O) groups is 1. The normalized spacial score (nSPS) is 29.9. The van der Waals surface area contributed by atoms with Gasteiger partial charge in [0.1, 0.15) is 6.04 Å². The molecular formula is C16H22N2O2. The van der Waals surface area contributed by atoms with Gasteiger partial charge in [-0.15, -0.1) is 0 Å². The smallest absolute Gasteiger partial charge is 0.244 e. The molecule has 1 amide bonds.